The van der Waals surface area contributed by atoms with E-state index < -0.39 is 0 Å². The maximum Gasteiger partial charge on any atom is 0.116 e. The smallest absolute Gasteiger partial charge is 0.116 e. The Morgan fingerprint density at radius 2 is 1.65 bits per heavy atom. The monoisotopic (exact) mass is 366 g/mol. The van der Waals surface area contributed by atoms with E-state index >= 15 is 0 Å². The molecule has 0 spiro atoms. The van der Waals surface area contributed by atoms with Crippen molar-refractivity contribution < 1.29 is 0 Å². The Hall–Kier alpha value is -2.17. The van der Waals surface area contributed by atoms with Gasteiger partial charge in [0, 0.05) is 25.2 Å². The van der Waals surface area contributed by atoms with Gasteiger partial charge >= 0.3 is 0 Å². The maximum absolute atomic E-state index is 4.56. The molecule has 2 atom stereocenters. The van der Waals surface area contributed by atoms with Gasteiger partial charge in [-0.1, -0.05) is 65.9 Å². The van der Waals surface area contributed by atoms with Crippen LogP contribution in [0.2, 0.25) is 0 Å². The number of aromatic nitrogens is 3. The van der Waals surface area contributed by atoms with Crippen molar-refractivity contribution in [3.63, 3.8) is 0 Å². The van der Waals surface area contributed by atoms with Gasteiger partial charge in [0.05, 0.1) is 11.7 Å². The molecule has 1 fully saturated rings. The van der Waals surface area contributed by atoms with Crippen molar-refractivity contribution in [2.75, 3.05) is 13.1 Å². The van der Waals surface area contributed by atoms with E-state index in [0.717, 1.165) is 25.2 Å². The molecule has 0 N–H and O–H groups in total. The van der Waals surface area contributed by atoms with E-state index in [0.29, 0.717) is 12.0 Å². The molecule has 4 nitrogen and oxygen atoms in total. The van der Waals surface area contributed by atoms with Crippen LogP contribution < -0.4 is 0 Å². The van der Waals surface area contributed by atoms with Crippen molar-refractivity contribution >= 4 is 12.4 Å². The van der Waals surface area contributed by atoms with Crippen LogP contribution in [0.1, 0.15) is 23.7 Å². The first-order valence-electron chi connectivity index (χ1n) is 9.14. The molecule has 0 unspecified atom stereocenters. The molecule has 0 saturated carbocycles. The summed E-state index contributed by atoms with van der Waals surface area (Å²) >= 11 is 0. The highest BCUT2D eigenvalue weighted by Crippen LogP contribution is 2.38. The minimum absolute atomic E-state index is 0. The SMILES string of the molecule is Cl.c1ccc(CN2C[C@H]3CCc4c(-c5ccccc5)nnn4[C@@H]3C2)cc1. The zero-order valence-corrected chi connectivity index (χ0v) is 15.5. The minimum atomic E-state index is 0. The zero-order valence-electron chi connectivity index (χ0n) is 14.7. The number of fused-ring (bicyclic) bond motifs is 3. The summed E-state index contributed by atoms with van der Waals surface area (Å²) in [5.74, 6) is 0.696. The second-order valence-corrected chi connectivity index (χ2v) is 7.24. The lowest BCUT2D eigenvalue weighted by Gasteiger charge is -2.25. The van der Waals surface area contributed by atoms with Crippen LogP contribution in [0.5, 0.6) is 0 Å². The van der Waals surface area contributed by atoms with E-state index in [-0.39, 0.29) is 12.4 Å². The van der Waals surface area contributed by atoms with E-state index in [2.05, 4.69) is 74.5 Å². The molecule has 2 aromatic carbocycles. The largest absolute Gasteiger partial charge is 0.297 e. The van der Waals surface area contributed by atoms with Crippen LogP contribution in [0.15, 0.2) is 60.7 Å². The third kappa shape index (κ3) is 3.04. The van der Waals surface area contributed by atoms with Crippen molar-refractivity contribution in [1.82, 2.24) is 19.9 Å². The standard InChI is InChI=1S/C21H22N4.ClH/c1-3-7-16(8-4-1)13-24-14-18-11-12-19-21(17-9-5-2-6-10-17)22-23-25(19)20(18)15-24;/h1-10,18,20H,11-15H2;1H/t18-,20-;/m1./s1. The molecular weight excluding hydrogens is 344 g/mol. The fourth-order valence-corrected chi connectivity index (χ4v) is 4.43. The number of hydrogen-bond donors (Lipinski definition) is 0. The highest BCUT2D eigenvalue weighted by Gasteiger charge is 2.39. The van der Waals surface area contributed by atoms with Crippen LogP contribution in [0.25, 0.3) is 11.3 Å². The first-order chi connectivity index (χ1) is 12.4. The first-order valence-corrected chi connectivity index (χ1v) is 9.14. The zero-order chi connectivity index (χ0) is 16.6. The molecule has 2 aliphatic rings. The Labute approximate surface area is 160 Å². The molecule has 0 aliphatic carbocycles. The molecular formula is C21H23ClN4. The van der Waals surface area contributed by atoms with Crippen LogP contribution in [0.4, 0.5) is 0 Å². The van der Waals surface area contributed by atoms with E-state index in [4.69, 9.17) is 0 Å². The van der Waals surface area contributed by atoms with Gasteiger partial charge in [-0.3, -0.25) is 4.90 Å². The average Bonchev–Trinajstić information content (AvgIpc) is 3.26. The van der Waals surface area contributed by atoms with Gasteiger partial charge in [-0.15, -0.1) is 17.5 Å². The topological polar surface area (TPSA) is 34.0 Å². The predicted molar refractivity (Wildman–Crippen MR) is 105 cm³/mol. The molecule has 1 aromatic heterocycles. The second kappa shape index (κ2) is 7.22. The highest BCUT2D eigenvalue weighted by atomic mass is 35.5. The fraction of sp³-hybridized carbons (Fsp3) is 0.333. The van der Waals surface area contributed by atoms with Crippen LogP contribution in [0.3, 0.4) is 0 Å². The Morgan fingerprint density at radius 1 is 0.923 bits per heavy atom. The van der Waals surface area contributed by atoms with Crippen molar-refractivity contribution in [1.29, 1.82) is 0 Å². The lowest BCUT2D eigenvalue weighted by atomic mass is 9.91. The van der Waals surface area contributed by atoms with Crippen molar-refractivity contribution in [2.24, 2.45) is 5.92 Å². The third-order valence-electron chi connectivity index (χ3n) is 5.64. The van der Waals surface area contributed by atoms with Gasteiger partial charge in [0.25, 0.3) is 0 Å². The van der Waals surface area contributed by atoms with Gasteiger partial charge in [-0.2, -0.15) is 0 Å². The summed E-state index contributed by atoms with van der Waals surface area (Å²) < 4.78 is 2.22. The van der Waals surface area contributed by atoms with Gasteiger partial charge in [0.1, 0.15) is 5.69 Å². The summed E-state index contributed by atoms with van der Waals surface area (Å²) in [4.78, 5) is 2.57. The van der Waals surface area contributed by atoms with Gasteiger partial charge in [-0.25, -0.2) is 4.68 Å². The molecule has 134 valence electrons. The lowest BCUT2D eigenvalue weighted by molar-refractivity contribution is 0.306. The number of halogens is 1. The summed E-state index contributed by atoms with van der Waals surface area (Å²) in [6.07, 6.45) is 2.32. The van der Waals surface area contributed by atoms with Crippen LogP contribution in [-0.2, 0) is 13.0 Å². The second-order valence-electron chi connectivity index (χ2n) is 7.24. The van der Waals surface area contributed by atoms with Gasteiger partial charge < -0.3 is 0 Å². The van der Waals surface area contributed by atoms with Crippen molar-refractivity contribution in [3.05, 3.63) is 71.9 Å². The molecule has 5 heteroatoms. The summed E-state index contributed by atoms with van der Waals surface area (Å²) in [6, 6.07) is 21.7. The number of rotatable bonds is 3. The summed E-state index contributed by atoms with van der Waals surface area (Å²) in [5, 5.41) is 9.09. The predicted octanol–water partition coefficient (Wildman–Crippen LogP) is 3.99. The Morgan fingerprint density at radius 3 is 2.42 bits per heavy atom. The van der Waals surface area contributed by atoms with E-state index in [1.165, 1.54) is 29.8 Å². The fourth-order valence-electron chi connectivity index (χ4n) is 4.43. The van der Waals surface area contributed by atoms with Gasteiger partial charge in [0.2, 0.25) is 0 Å². The molecule has 2 aliphatic heterocycles. The van der Waals surface area contributed by atoms with E-state index in [1.807, 2.05) is 6.07 Å². The third-order valence-corrected chi connectivity index (χ3v) is 5.64. The Kier molecular flexibility index (Phi) is 4.79. The summed E-state index contributed by atoms with van der Waals surface area (Å²) in [5.41, 5.74) is 4.96. The molecule has 1 saturated heterocycles. The maximum atomic E-state index is 4.56. The van der Waals surface area contributed by atoms with Gasteiger partial charge in [-0.05, 0) is 24.3 Å². The molecule has 0 radical (unpaired) electrons. The molecule has 26 heavy (non-hydrogen) atoms. The molecule has 0 amide bonds. The van der Waals surface area contributed by atoms with E-state index in [1.54, 1.807) is 0 Å². The normalized spacial score (nSPS) is 21.7. The van der Waals surface area contributed by atoms with Crippen molar-refractivity contribution in [3.8, 4) is 11.3 Å². The summed E-state index contributed by atoms with van der Waals surface area (Å²) in [7, 11) is 0. The molecule has 0 bridgehead atoms. The Bertz CT molecular complexity index is 862. The Balaban J connectivity index is 0.00000168. The molecule has 3 heterocycles. The molecule has 5 rings (SSSR count). The number of nitrogens with zero attached hydrogens (tertiary/aromatic N) is 4. The number of likely N-dealkylation sites (tertiary alicyclic amines) is 1. The lowest BCUT2D eigenvalue weighted by Crippen LogP contribution is -2.26. The van der Waals surface area contributed by atoms with Crippen molar-refractivity contribution in [2.45, 2.75) is 25.4 Å². The first kappa shape index (κ1) is 17.3. The van der Waals surface area contributed by atoms with Crippen LogP contribution in [0, 0.1) is 5.92 Å². The number of benzene rings is 2. The summed E-state index contributed by atoms with van der Waals surface area (Å²) in [6.45, 7) is 3.27. The minimum Gasteiger partial charge on any atom is -0.297 e. The van der Waals surface area contributed by atoms with Gasteiger partial charge in [0.15, 0.2) is 0 Å². The van der Waals surface area contributed by atoms with Crippen LogP contribution in [-0.4, -0.2) is 33.0 Å². The molecule has 3 aromatic rings. The quantitative estimate of drug-likeness (QED) is 0.703. The van der Waals surface area contributed by atoms with E-state index in [9.17, 15) is 0 Å². The highest BCUT2D eigenvalue weighted by molar-refractivity contribution is 5.85. The van der Waals surface area contributed by atoms with Crippen LogP contribution >= 0.6 is 12.4 Å². The number of hydrogen-bond acceptors (Lipinski definition) is 3. The average molecular weight is 367 g/mol.